The van der Waals surface area contributed by atoms with Gasteiger partial charge in [0.05, 0.1) is 7.11 Å². The molecule has 2 rings (SSSR count). The lowest BCUT2D eigenvalue weighted by Crippen LogP contribution is -2.62. The summed E-state index contributed by atoms with van der Waals surface area (Å²) in [7, 11) is 1.24. The predicted molar refractivity (Wildman–Crippen MR) is 60.4 cm³/mol. The van der Waals surface area contributed by atoms with Crippen molar-refractivity contribution in [2.24, 2.45) is 5.41 Å². The van der Waals surface area contributed by atoms with Crippen molar-refractivity contribution in [3.8, 4) is 0 Å². The highest BCUT2D eigenvalue weighted by atomic mass is 35.5. The smallest absolute Gasteiger partial charge is 0.396 e. The third-order valence-electron chi connectivity index (χ3n) is 3.36. The highest BCUT2D eigenvalue weighted by Crippen LogP contribution is 2.38. The summed E-state index contributed by atoms with van der Waals surface area (Å²) in [5, 5.41) is 3.29. The van der Waals surface area contributed by atoms with Gasteiger partial charge in [0.15, 0.2) is 0 Å². The van der Waals surface area contributed by atoms with Gasteiger partial charge < -0.3 is 15.0 Å². The number of likely N-dealkylation sites (tertiary alicyclic amines) is 1. The maximum Gasteiger partial charge on any atom is 0.396 e. The predicted octanol–water partition coefficient (Wildman–Crippen LogP) is -0.207. The molecule has 1 N–H and O–H groups in total. The molecule has 0 radical (unpaired) electrons. The molecule has 5 nitrogen and oxygen atoms in total. The number of carbonyl (C=O) groups excluding carboxylic acids is 2. The molecule has 2 saturated heterocycles. The van der Waals surface area contributed by atoms with Crippen molar-refractivity contribution < 1.29 is 14.3 Å². The second-order valence-corrected chi connectivity index (χ2v) is 4.40. The van der Waals surface area contributed by atoms with Crippen molar-refractivity contribution in [2.75, 3.05) is 33.3 Å². The van der Waals surface area contributed by atoms with Crippen LogP contribution in [0.5, 0.6) is 0 Å². The lowest BCUT2D eigenvalue weighted by Gasteiger charge is -2.51. The monoisotopic (exact) mass is 248 g/mol. The zero-order valence-corrected chi connectivity index (χ0v) is 10.1. The number of nitrogens with one attached hydrogen (secondary N) is 1. The van der Waals surface area contributed by atoms with Gasteiger partial charge in [0.25, 0.3) is 0 Å². The molecule has 0 bridgehead atoms. The molecule has 1 amide bonds. The zero-order chi connectivity index (χ0) is 10.9. The second kappa shape index (κ2) is 5.01. The van der Waals surface area contributed by atoms with Crippen LogP contribution in [0.4, 0.5) is 0 Å². The fourth-order valence-corrected chi connectivity index (χ4v) is 2.40. The van der Waals surface area contributed by atoms with E-state index < -0.39 is 11.9 Å². The van der Waals surface area contributed by atoms with Crippen LogP contribution in [0.3, 0.4) is 0 Å². The molecule has 0 aromatic carbocycles. The molecule has 92 valence electrons. The molecule has 0 aromatic heterocycles. The molecule has 2 fully saturated rings. The Bertz CT molecular complexity index is 282. The molecule has 0 aromatic rings. The molecule has 0 aliphatic carbocycles. The van der Waals surface area contributed by atoms with Gasteiger partial charge in [-0.15, -0.1) is 12.4 Å². The van der Waals surface area contributed by atoms with Gasteiger partial charge in [-0.25, -0.2) is 4.79 Å². The third-order valence-corrected chi connectivity index (χ3v) is 3.36. The number of nitrogens with zero attached hydrogens (tertiary/aromatic N) is 1. The average molecular weight is 249 g/mol. The van der Waals surface area contributed by atoms with Crippen LogP contribution in [0.25, 0.3) is 0 Å². The molecule has 0 unspecified atom stereocenters. The molecule has 2 aliphatic heterocycles. The van der Waals surface area contributed by atoms with Crippen molar-refractivity contribution in [1.82, 2.24) is 10.2 Å². The molecule has 1 spiro atoms. The number of piperidine rings is 1. The van der Waals surface area contributed by atoms with Crippen LogP contribution >= 0.6 is 12.4 Å². The number of halogens is 1. The summed E-state index contributed by atoms with van der Waals surface area (Å²) in [6.45, 7) is 3.45. The Morgan fingerprint density at radius 3 is 2.31 bits per heavy atom. The van der Waals surface area contributed by atoms with E-state index in [1.54, 1.807) is 4.90 Å². The first-order valence-corrected chi connectivity index (χ1v) is 5.25. The van der Waals surface area contributed by atoms with Crippen LogP contribution in [0, 0.1) is 5.41 Å². The van der Waals surface area contributed by atoms with Crippen LogP contribution in [-0.4, -0.2) is 50.1 Å². The highest BCUT2D eigenvalue weighted by Gasteiger charge is 2.46. The van der Waals surface area contributed by atoms with Gasteiger partial charge in [-0.1, -0.05) is 0 Å². The average Bonchev–Trinajstić information content (AvgIpc) is 2.25. The fraction of sp³-hybridized carbons (Fsp3) is 0.800. The van der Waals surface area contributed by atoms with Gasteiger partial charge >= 0.3 is 11.9 Å². The SMILES string of the molecule is COC(=O)C(=O)N1CC2(CCNCC2)C1.Cl. The quantitative estimate of drug-likeness (QED) is 0.476. The minimum atomic E-state index is -0.751. The lowest BCUT2D eigenvalue weighted by atomic mass is 9.72. The number of hydrogen-bond donors (Lipinski definition) is 1. The Morgan fingerprint density at radius 1 is 1.25 bits per heavy atom. The number of hydrogen-bond acceptors (Lipinski definition) is 4. The van der Waals surface area contributed by atoms with Crippen LogP contribution in [0.1, 0.15) is 12.8 Å². The van der Waals surface area contributed by atoms with E-state index in [4.69, 9.17) is 0 Å². The summed E-state index contributed by atoms with van der Waals surface area (Å²) in [5.41, 5.74) is 0.273. The minimum Gasteiger partial charge on any atom is -0.462 e. The van der Waals surface area contributed by atoms with Crippen LogP contribution < -0.4 is 5.32 Å². The van der Waals surface area contributed by atoms with Gasteiger partial charge in [0, 0.05) is 18.5 Å². The van der Waals surface area contributed by atoms with E-state index in [1.807, 2.05) is 0 Å². The summed E-state index contributed by atoms with van der Waals surface area (Å²) < 4.78 is 4.40. The molecule has 6 heteroatoms. The fourth-order valence-electron chi connectivity index (χ4n) is 2.40. The molecule has 0 atom stereocenters. The lowest BCUT2D eigenvalue weighted by molar-refractivity contribution is -0.165. The molecule has 0 saturated carbocycles. The molecular formula is C10H17ClN2O3. The number of ether oxygens (including phenoxy) is 1. The second-order valence-electron chi connectivity index (χ2n) is 4.40. The minimum absolute atomic E-state index is 0. The Labute approximate surface area is 101 Å². The number of amides is 1. The number of rotatable bonds is 0. The van der Waals surface area contributed by atoms with Gasteiger partial charge in [0.1, 0.15) is 0 Å². The first-order chi connectivity index (χ1) is 7.17. The first kappa shape index (κ1) is 13.3. The zero-order valence-electron chi connectivity index (χ0n) is 9.32. The topological polar surface area (TPSA) is 58.6 Å². The largest absolute Gasteiger partial charge is 0.462 e. The molecule has 16 heavy (non-hydrogen) atoms. The van der Waals surface area contributed by atoms with E-state index in [0.717, 1.165) is 25.9 Å². The Balaban J connectivity index is 0.00000128. The number of esters is 1. The molecule has 2 aliphatic rings. The third kappa shape index (κ3) is 2.30. The molecular weight excluding hydrogens is 232 g/mol. The van der Waals surface area contributed by atoms with Crippen LogP contribution in [-0.2, 0) is 14.3 Å². The van der Waals surface area contributed by atoms with E-state index in [0.29, 0.717) is 13.1 Å². The van der Waals surface area contributed by atoms with Crippen molar-refractivity contribution in [3.05, 3.63) is 0 Å². The Morgan fingerprint density at radius 2 is 1.81 bits per heavy atom. The first-order valence-electron chi connectivity index (χ1n) is 5.25. The summed E-state index contributed by atoms with van der Waals surface area (Å²) in [5.74, 6) is -1.25. The van der Waals surface area contributed by atoms with Crippen LogP contribution in [0.15, 0.2) is 0 Å². The normalized spacial score (nSPS) is 21.9. The van der Waals surface area contributed by atoms with E-state index >= 15 is 0 Å². The summed E-state index contributed by atoms with van der Waals surface area (Å²) >= 11 is 0. The summed E-state index contributed by atoms with van der Waals surface area (Å²) in [6.07, 6.45) is 2.19. The van der Waals surface area contributed by atoms with Gasteiger partial charge in [-0.3, -0.25) is 4.79 Å². The highest BCUT2D eigenvalue weighted by molar-refractivity contribution is 6.32. The van der Waals surface area contributed by atoms with E-state index in [1.165, 1.54) is 7.11 Å². The van der Waals surface area contributed by atoms with E-state index in [9.17, 15) is 9.59 Å². The summed E-state index contributed by atoms with van der Waals surface area (Å²) in [6, 6.07) is 0. The van der Waals surface area contributed by atoms with E-state index in [-0.39, 0.29) is 17.8 Å². The van der Waals surface area contributed by atoms with E-state index in [2.05, 4.69) is 10.1 Å². The summed E-state index contributed by atoms with van der Waals surface area (Å²) in [4.78, 5) is 24.0. The van der Waals surface area contributed by atoms with Crippen molar-refractivity contribution in [3.63, 3.8) is 0 Å². The maximum atomic E-state index is 11.4. The van der Waals surface area contributed by atoms with Gasteiger partial charge in [0.2, 0.25) is 0 Å². The standard InChI is InChI=1S/C10H16N2O3.ClH/c1-15-9(14)8(13)12-6-10(7-12)2-4-11-5-3-10;/h11H,2-7H2,1H3;1H. The van der Waals surface area contributed by atoms with Gasteiger partial charge in [-0.2, -0.15) is 0 Å². The maximum absolute atomic E-state index is 11.4. The Hall–Kier alpha value is -0.810. The van der Waals surface area contributed by atoms with Crippen molar-refractivity contribution in [1.29, 1.82) is 0 Å². The van der Waals surface area contributed by atoms with Crippen molar-refractivity contribution >= 4 is 24.3 Å². The number of methoxy groups -OCH3 is 1. The Kier molecular flexibility index (Phi) is 4.15. The number of carbonyl (C=O) groups is 2. The van der Waals surface area contributed by atoms with Gasteiger partial charge in [-0.05, 0) is 25.9 Å². The van der Waals surface area contributed by atoms with Crippen molar-refractivity contribution in [2.45, 2.75) is 12.8 Å². The van der Waals surface area contributed by atoms with Crippen LogP contribution in [0.2, 0.25) is 0 Å². The molecule has 2 heterocycles.